The molecule has 0 aliphatic heterocycles. The molecule has 1 aromatic heterocycles. The van der Waals surface area contributed by atoms with Gasteiger partial charge in [-0.1, -0.05) is 72.8 Å². The number of allylic oxidation sites excluding steroid dienone is 2. The summed E-state index contributed by atoms with van der Waals surface area (Å²) < 4.78 is 11.5. The van der Waals surface area contributed by atoms with Gasteiger partial charge < -0.3 is 19.1 Å². The minimum atomic E-state index is -1.32. The largest absolute Gasteiger partial charge is 1.00 e. The average molecular weight is 487 g/mol. The first-order valence-corrected chi connectivity index (χ1v) is 11.4. The summed E-state index contributed by atoms with van der Waals surface area (Å²) in [5.74, 6) is -0.0513. The first-order chi connectivity index (χ1) is 17.1. The molecule has 4 aromatic rings. The van der Waals surface area contributed by atoms with Crippen LogP contribution in [0.1, 0.15) is 35.5 Å². The third kappa shape index (κ3) is 5.51. The van der Waals surface area contributed by atoms with Crippen molar-refractivity contribution in [1.29, 1.82) is 0 Å². The van der Waals surface area contributed by atoms with Crippen molar-refractivity contribution in [2.45, 2.75) is 19.3 Å². The zero-order valence-electron chi connectivity index (χ0n) is 19.9. The van der Waals surface area contributed by atoms with Crippen LogP contribution in [0.3, 0.4) is 0 Å². The second kappa shape index (κ2) is 11.5. The van der Waals surface area contributed by atoms with Crippen LogP contribution < -0.4 is 39.4 Å². The number of aliphatic carboxylic acids is 1. The minimum absolute atomic E-state index is 0. The van der Waals surface area contributed by atoms with E-state index in [1.807, 2.05) is 60.7 Å². The third-order valence-electron chi connectivity index (χ3n) is 5.91. The fourth-order valence-electron chi connectivity index (χ4n) is 4.30. The summed E-state index contributed by atoms with van der Waals surface area (Å²) in [4.78, 5) is 29.0. The van der Waals surface area contributed by atoms with Crippen LogP contribution in [0.2, 0.25) is 0 Å². The Balaban J connectivity index is 0.00000304. The van der Waals surface area contributed by atoms with Gasteiger partial charge in [-0.15, -0.1) is 0 Å². The van der Waals surface area contributed by atoms with Gasteiger partial charge in [0.1, 0.15) is 18.1 Å². The van der Waals surface area contributed by atoms with E-state index in [1.54, 1.807) is 24.3 Å². The van der Waals surface area contributed by atoms with E-state index >= 15 is 0 Å². The van der Waals surface area contributed by atoms with Crippen molar-refractivity contribution in [3.05, 3.63) is 102 Å². The molecule has 0 unspecified atom stereocenters. The van der Waals surface area contributed by atoms with Crippen LogP contribution in [0, 0.1) is 0 Å². The maximum atomic E-state index is 13.4. The molecule has 6 nitrogen and oxygen atoms in total. The molecule has 1 aliphatic rings. The monoisotopic (exact) mass is 487 g/mol. The molecule has 0 saturated carbocycles. The predicted molar refractivity (Wildman–Crippen MR) is 129 cm³/mol. The van der Waals surface area contributed by atoms with Crippen molar-refractivity contribution in [2.75, 3.05) is 6.61 Å². The molecule has 0 spiro atoms. The van der Waals surface area contributed by atoms with Gasteiger partial charge in [0.2, 0.25) is 5.89 Å². The van der Waals surface area contributed by atoms with Crippen LogP contribution in [0.4, 0.5) is 0 Å². The number of nitrogens with zero attached hydrogens (tertiary/aromatic N) is 1. The molecule has 5 rings (SSSR count). The van der Waals surface area contributed by atoms with Crippen molar-refractivity contribution >= 4 is 17.3 Å². The summed E-state index contributed by atoms with van der Waals surface area (Å²) in [6.07, 6.45) is 2.12. The standard InChI is InChI=1S/C29H23NO5.Na/c31-25(32)18-34-22-14-7-13-21(17-22)27(33)23-15-8-16-24(23)29-30-26(19-9-3-1-4-10-19)28(35-29)20-11-5-2-6-12-20;/h1-7,9-14,17H,8,15-16,18H2,(H,31,32);/q;+1/p-1. The zero-order valence-corrected chi connectivity index (χ0v) is 21.9. The number of ether oxygens (including phenoxy) is 1. The summed E-state index contributed by atoms with van der Waals surface area (Å²) >= 11 is 0. The second-order valence-corrected chi connectivity index (χ2v) is 8.26. The van der Waals surface area contributed by atoms with E-state index in [2.05, 4.69) is 0 Å². The van der Waals surface area contributed by atoms with Gasteiger partial charge in [0, 0.05) is 27.8 Å². The van der Waals surface area contributed by atoms with Crippen LogP contribution in [0.5, 0.6) is 5.75 Å². The van der Waals surface area contributed by atoms with Gasteiger partial charge in [-0.05, 0) is 31.4 Å². The van der Waals surface area contributed by atoms with E-state index in [0.29, 0.717) is 41.4 Å². The number of rotatable bonds is 8. The fourth-order valence-corrected chi connectivity index (χ4v) is 4.30. The molecule has 0 N–H and O–H groups in total. The quantitative estimate of drug-likeness (QED) is 0.279. The number of hydrogen-bond acceptors (Lipinski definition) is 6. The number of carboxylic acid groups (broad SMARTS) is 1. The van der Waals surface area contributed by atoms with E-state index in [-0.39, 0.29) is 35.3 Å². The molecule has 0 atom stereocenters. The fraction of sp³-hybridized carbons (Fsp3) is 0.138. The Morgan fingerprint density at radius 1 is 0.889 bits per heavy atom. The normalized spacial score (nSPS) is 12.8. The summed E-state index contributed by atoms with van der Waals surface area (Å²) in [6.45, 7) is -0.577. The molecule has 1 heterocycles. The van der Waals surface area contributed by atoms with Crippen LogP contribution in [-0.4, -0.2) is 23.3 Å². The van der Waals surface area contributed by atoms with E-state index in [4.69, 9.17) is 14.1 Å². The molecular formula is C29H22NNaO5. The molecule has 174 valence electrons. The third-order valence-corrected chi connectivity index (χ3v) is 5.91. The number of aromatic nitrogens is 1. The Kier molecular flexibility index (Phi) is 8.21. The van der Waals surface area contributed by atoms with E-state index in [1.165, 1.54) is 0 Å². The molecule has 0 fully saturated rings. The summed E-state index contributed by atoms with van der Waals surface area (Å²) in [5.41, 5.74) is 4.46. The molecule has 36 heavy (non-hydrogen) atoms. The van der Waals surface area contributed by atoms with Crippen molar-refractivity contribution in [2.24, 2.45) is 0 Å². The van der Waals surface area contributed by atoms with Crippen LogP contribution >= 0.6 is 0 Å². The van der Waals surface area contributed by atoms with Gasteiger partial charge in [0.05, 0.1) is 5.97 Å². The SMILES string of the molecule is O=C([O-])COc1cccc(C(=O)C2=C(c3nc(-c4ccccc4)c(-c4ccccc4)o3)CCC2)c1.[Na+]. The van der Waals surface area contributed by atoms with E-state index in [9.17, 15) is 14.7 Å². The first-order valence-electron chi connectivity index (χ1n) is 11.4. The number of oxazole rings is 1. The zero-order chi connectivity index (χ0) is 24.2. The average Bonchev–Trinajstić information content (AvgIpc) is 3.56. The maximum absolute atomic E-state index is 13.4. The number of carbonyl (C=O) groups is 2. The van der Waals surface area contributed by atoms with Crippen molar-refractivity contribution in [3.8, 4) is 28.3 Å². The smallest absolute Gasteiger partial charge is 0.546 e. The Morgan fingerprint density at radius 3 is 2.28 bits per heavy atom. The summed E-state index contributed by atoms with van der Waals surface area (Å²) in [6, 6.07) is 26.2. The number of benzene rings is 3. The first kappa shape index (κ1) is 25.6. The topological polar surface area (TPSA) is 92.5 Å². The number of carboxylic acids is 1. The van der Waals surface area contributed by atoms with Crippen LogP contribution in [0.25, 0.3) is 28.2 Å². The molecule has 0 radical (unpaired) electrons. The van der Waals surface area contributed by atoms with Gasteiger partial charge in [0.25, 0.3) is 0 Å². The van der Waals surface area contributed by atoms with Crippen LogP contribution in [0.15, 0.2) is 94.9 Å². The van der Waals surface area contributed by atoms with Gasteiger partial charge >= 0.3 is 29.6 Å². The Bertz CT molecular complexity index is 1350. The molecule has 0 saturated heterocycles. The number of ketones is 1. The number of Topliss-reactive ketones (excluding diaryl/α,β-unsaturated/α-hetero) is 1. The van der Waals surface area contributed by atoms with Gasteiger partial charge in [-0.25, -0.2) is 4.98 Å². The van der Waals surface area contributed by atoms with Gasteiger partial charge in [-0.3, -0.25) is 4.79 Å². The molecule has 7 heteroatoms. The molecular weight excluding hydrogens is 465 g/mol. The number of carbonyl (C=O) groups excluding carboxylic acids is 2. The Morgan fingerprint density at radius 2 is 1.58 bits per heavy atom. The Hall–Kier alpha value is -3.45. The van der Waals surface area contributed by atoms with Crippen molar-refractivity contribution < 1.29 is 53.4 Å². The number of hydrogen-bond donors (Lipinski definition) is 0. The summed E-state index contributed by atoms with van der Waals surface area (Å²) in [7, 11) is 0. The van der Waals surface area contributed by atoms with Crippen LogP contribution in [-0.2, 0) is 4.79 Å². The van der Waals surface area contributed by atoms with Crippen molar-refractivity contribution in [1.82, 2.24) is 4.98 Å². The minimum Gasteiger partial charge on any atom is -0.546 e. The second-order valence-electron chi connectivity index (χ2n) is 8.26. The van der Waals surface area contributed by atoms with Gasteiger partial charge in [-0.2, -0.15) is 0 Å². The molecule has 3 aromatic carbocycles. The molecule has 0 bridgehead atoms. The predicted octanol–water partition coefficient (Wildman–Crippen LogP) is 1.96. The summed E-state index contributed by atoms with van der Waals surface area (Å²) in [5, 5.41) is 10.7. The van der Waals surface area contributed by atoms with Crippen molar-refractivity contribution in [3.63, 3.8) is 0 Å². The Labute approximate surface area is 230 Å². The van der Waals surface area contributed by atoms with E-state index in [0.717, 1.165) is 28.8 Å². The van der Waals surface area contributed by atoms with E-state index < -0.39 is 12.6 Å². The maximum Gasteiger partial charge on any atom is 1.00 e. The molecule has 1 aliphatic carbocycles. The molecule has 0 amide bonds. The van der Waals surface area contributed by atoms with Gasteiger partial charge in [0.15, 0.2) is 11.5 Å².